The molecule has 0 bridgehead atoms. The number of aryl methyl sites for hydroxylation is 2. The van der Waals surface area contributed by atoms with Gasteiger partial charge in [0.25, 0.3) is 0 Å². The Kier molecular flexibility index (Phi) is 3.30. The molecule has 0 aliphatic heterocycles. The van der Waals surface area contributed by atoms with Crippen molar-refractivity contribution in [2.24, 2.45) is 0 Å². The van der Waals surface area contributed by atoms with E-state index in [-0.39, 0.29) is 6.61 Å². The average molecular weight is 200 g/mol. The highest BCUT2D eigenvalue weighted by atomic mass is 19.1. The molecule has 0 aliphatic rings. The summed E-state index contributed by atoms with van der Waals surface area (Å²) in [6, 6.07) is 1.47. The van der Waals surface area contributed by atoms with Gasteiger partial charge in [-0.3, -0.25) is 0 Å². The Morgan fingerprint density at radius 2 is 1.93 bits per heavy atom. The Labute approximate surface area is 81.4 Å². The number of aromatic hydroxyl groups is 2. The summed E-state index contributed by atoms with van der Waals surface area (Å²) in [6.45, 7) is 1.55. The van der Waals surface area contributed by atoms with Gasteiger partial charge in [0.15, 0.2) is 17.3 Å². The largest absolute Gasteiger partial charge is 0.504 e. The van der Waals surface area contributed by atoms with Gasteiger partial charge < -0.3 is 15.3 Å². The van der Waals surface area contributed by atoms with Crippen LogP contribution < -0.4 is 0 Å². The highest BCUT2D eigenvalue weighted by Crippen LogP contribution is 2.33. The number of halogens is 1. The van der Waals surface area contributed by atoms with Crippen molar-refractivity contribution in [2.75, 3.05) is 6.61 Å². The molecule has 14 heavy (non-hydrogen) atoms. The van der Waals surface area contributed by atoms with Crippen LogP contribution in [-0.2, 0) is 6.42 Å². The predicted octanol–water partition coefficient (Wildman–Crippen LogP) is 1.47. The lowest BCUT2D eigenvalue weighted by atomic mass is 10.0. The zero-order valence-electron chi connectivity index (χ0n) is 7.92. The first-order valence-corrected chi connectivity index (χ1v) is 4.38. The van der Waals surface area contributed by atoms with Crippen molar-refractivity contribution in [2.45, 2.75) is 19.8 Å². The van der Waals surface area contributed by atoms with Crippen molar-refractivity contribution in [3.63, 3.8) is 0 Å². The monoisotopic (exact) mass is 200 g/mol. The van der Waals surface area contributed by atoms with Crippen LogP contribution in [0.3, 0.4) is 0 Å². The Hall–Kier alpha value is -1.29. The first kappa shape index (κ1) is 10.8. The average Bonchev–Trinajstić information content (AvgIpc) is 2.18. The van der Waals surface area contributed by atoms with Crippen LogP contribution in [-0.4, -0.2) is 21.9 Å². The molecule has 4 heteroatoms. The van der Waals surface area contributed by atoms with Crippen molar-refractivity contribution >= 4 is 0 Å². The normalized spacial score (nSPS) is 10.5. The van der Waals surface area contributed by atoms with Gasteiger partial charge in [-0.2, -0.15) is 0 Å². The number of hydrogen-bond donors (Lipinski definition) is 3. The van der Waals surface area contributed by atoms with E-state index in [0.717, 1.165) is 0 Å². The number of benzene rings is 1. The maximum Gasteiger partial charge on any atom is 0.194 e. The topological polar surface area (TPSA) is 60.7 Å². The van der Waals surface area contributed by atoms with E-state index in [9.17, 15) is 14.6 Å². The second kappa shape index (κ2) is 4.28. The van der Waals surface area contributed by atoms with Crippen molar-refractivity contribution < 1.29 is 19.7 Å². The molecular formula is C10H13FO3. The van der Waals surface area contributed by atoms with Gasteiger partial charge in [0.05, 0.1) is 0 Å². The minimum absolute atomic E-state index is 0.0277. The molecule has 3 nitrogen and oxygen atoms in total. The summed E-state index contributed by atoms with van der Waals surface area (Å²) in [5, 5.41) is 27.0. The summed E-state index contributed by atoms with van der Waals surface area (Å²) in [5.74, 6) is -1.94. The maximum absolute atomic E-state index is 13.3. The molecule has 0 amide bonds. The number of phenolic OH excluding ortho intramolecular Hbond substituents is 2. The van der Waals surface area contributed by atoms with Crippen LogP contribution in [0.15, 0.2) is 6.07 Å². The Morgan fingerprint density at radius 3 is 2.50 bits per heavy atom. The van der Waals surface area contributed by atoms with E-state index >= 15 is 0 Å². The summed E-state index contributed by atoms with van der Waals surface area (Å²) in [4.78, 5) is 0. The molecule has 1 aromatic carbocycles. The number of hydrogen-bond acceptors (Lipinski definition) is 3. The third-order valence-electron chi connectivity index (χ3n) is 2.08. The fourth-order valence-corrected chi connectivity index (χ4v) is 1.29. The number of aliphatic hydroxyl groups excluding tert-OH is 1. The zero-order valence-corrected chi connectivity index (χ0v) is 7.92. The molecule has 0 fully saturated rings. The summed E-state index contributed by atoms with van der Waals surface area (Å²) in [5.41, 5.74) is 0.740. The summed E-state index contributed by atoms with van der Waals surface area (Å²) >= 11 is 0. The highest BCUT2D eigenvalue weighted by Gasteiger charge is 2.14. The number of aliphatic hydroxyl groups is 1. The molecule has 0 spiro atoms. The minimum Gasteiger partial charge on any atom is -0.504 e. The highest BCUT2D eigenvalue weighted by molar-refractivity contribution is 5.48. The van der Waals surface area contributed by atoms with Crippen molar-refractivity contribution in [1.29, 1.82) is 0 Å². The molecule has 0 radical (unpaired) electrons. The van der Waals surface area contributed by atoms with Crippen molar-refractivity contribution in [3.8, 4) is 11.5 Å². The Morgan fingerprint density at radius 1 is 1.29 bits per heavy atom. The van der Waals surface area contributed by atoms with E-state index in [2.05, 4.69) is 0 Å². The van der Waals surface area contributed by atoms with Gasteiger partial charge in [-0.25, -0.2) is 4.39 Å². The summed E-state index contributed by atoms with van der Waals surface area (Å²) in [7, 11) is 0. The van der Waals surface area contributed by atoms with E-state index in [1.807, 2.05) is 0 Å². The molecule has 1 aromatic rings. The van der Waals surface area contributed by atoms with Gasteiger partial charge in [0.2, 0.25) is 0 Å². The SMILES string of the molecule is Cc1cc(CCCO)c(F)c(O)c1O. The smallest absolute Gasteiger partial charge is 0.194 e. The van der Waals surface area contributed by atoms with Crippen molar-refractivity contribution in [3.05, 3.63) is 23.0 Å². The lowest BCUT2D eigenvalue weighted by Crippen LogP contribution is -1.95. The van der Waals surface area contributed by atoms with Gasteiger partial charge in [0, 0.05) is 6.61 Å². The molecule has 3 N–H and O–H groups in total. The van der Waals surface area contributed by atoms with Crippen LogP contribution in [0.5, 0.6) is 11.5 Å². The van der Waals surface area contributed by atoms with Crippen LogP contribution in [0.25, 0.3) is 0 Å². The van der Waals surface area contributed by atoms with Gasteiger partial charge in [-0.05, 0) is 37.0 Å². The molecule has 1 rings (SSSR count). The second-order valence-corrected chi connectivity index (χ2v) is 3.19. The minimum atomic E-state index is -0.804. The quantitative estimate of drug-likeness (QED) is 0.647. The van der Waals surface area contributed by atoms with E-state index in [1.165, 1.54) is 6.07 Å². The third kappa shape index (κ3) is 1.96. The molecule has 0 aliphatic carbocycles. The molecule has 0 heterocycles. The Balaban J connectivity index is 3.06. The zero-order chi connectivity index (χ0) is 10.7. The summed E-state index contributed by atoms with van der Waals surface area (Å²) < 4.78 is 13.3. The standard InChI is InChI=1S/C10H13FO3/c1-6-5-7(3-2-4-12)8(11)10(14)9(6)13/h5,12-14H,2-4H2,1H3. The summed E-state index contributed by atoms with van der Waals surface area (Å²) in [6.07, 6.45) is 0.775. The molecule has 0 atom stereocenters. The molecule has 0 unspecified atom stereocenters. The van der Waals surface area contributed by atoms with Gasteiger partial charge in [-0.15, -0.1) is 0 Å². The van der Waals surface area contributed by atoms with Gasteiger partial charge in [0.1, 0.15) is 0 Å². The molecule has 78 valence electrons. The van der Waals surface area contributed by atoms with E-state index in [4.69, 9.17) is 5.11 Å². The first-order chi connectivity index (χ1) is 6.57. The number of rotatable bonds is 3. The van der Waals surface area contributed by atoms with Crippen LogP contribution in [0.2, 0.25) is 0 Å². The second-order valence-electron chi connectivity index (χ2n) is 3.19. The molecule has 0 saturated carbocycles. The predicted molar refractivity (Wildman–Crippen MR) is 49.9 cm³/mol. The van der Waals surface area contributed by atoms with Crippen molar-refractivity contribution in [1.82, 2.24) is 0 Å². The van der Waals surface area contributed by atoms with Crippen LogP contribution in [0, 0.1) is 12.7 Å². The van der Waals surface area contributed by atoms with Gasteiger partial charge >= 0.3 is 0 Å². The van der Waals surface area contributed by atoms with E-state index in [0.29, 0.717) is 24.0 Å². The van der Waals surface area contributed by atoms with E-state index in [1.54, 1.807) is 6.92 Å². The molecule has 0 saturated heterocycles. The fourth-order valence-electron chi connectivity index (χ4n) is 1.29. The van der Waals surface area contributed by atoms with E-state index < -0.39 is 17.3 Å². The number of phenols is 2. The van der Waals surface area contributed by atoms with Crippen LogP contribution in [0.1, 0.15) is 17.5 Å². The molecular weight excluding hydrogens is 187 g/mol. The fraction of sp³-hybridized carbons (Fsp3) is 0.400. The Bertz CT molecular complexity index is 337. The molecule has 0 aromatic heterocycles. The first-order valence-electron chi connectivity index (χ1n) is 4.38. The van der Waals surface area contributed by atoms with Crippen LogP contribution >= 0.6 is 0 Å². The lowest BCUT2D eigenvalue weighted by Gasteiger charge is -2.08. The van der Waals surface area contributed by atoms with Crippen LogP contribution in [0.4, 0.5) is 4.39 Å². The maximum atomic E-state index is 13.3. The third-order valence-corrected chi connectivity index (χ3v) is 2.08. The van der Waals surface area contributed by atoms with Gasteiger partial charge in [-0.1, -0.05) is 0 Å². The lowest BCUT2D eigenvalue weighted by molar-refractivity contribution is 0.287.